The zero-order chi connectivity index (χ0) is 22.8. The molecule has 0 saturated heterocycles. The van der Waals surface area contributed by atoms with Crippen molar-refractivity contribution in [3.63, 3.8) is 0 Å². The van der Waals surface area contributed by atoms with Crippen LogP contribution in [-0.2, 0) is 12.1 Å². The van der Waals surface area contributed by atoms with Crippen LogP contribution in [0.1, 0.15) is 17.5 Å². The predicted octanol–water partition coefficient (Wildman–Crippen LogP) is 5.87. The molecule has 33 heavy (non-hydrogen) atoms. The van der Waals surface area contributed by atoms with Crippen LogP contribution in [0.25, 0.3) is 10.9 Å². The Hall–Kier alpha value is -3.94. The molecule has 0 bridgehead atoms. The van der Waals surface area contributed by atoms with E-state index in [0.717, 1.165) is 17.7 Å². The van der Waals surface area contributed by atoms with Gasteiger partial charge in [0.1, 0.15) is 35.0 Å². The number of allylic oxidation sites excluding steroid dienone is 2. The Labute approximate surface area is 188 Å². The van der Waals surface area contributed by atoms with Crippen molar-refractivity contribution in [3.05, 3.63) is 96.0 Å². The van der Waals surface area contributed by atoms with Crippen LogP contribution in [0.4, 0.5) is 19.0 Å². The van der Waals surface area contributed by atoms with Crippen LogP contribution in [0.15, 0.2) is 73.2 Å². The number of nitrogens with zero attached hydrogens (tertiary/aromatic N) is 3. The highest BCUT2D eigenvalue weighted by Crippen LogP contribution is 2.39. The molecule has 1 unspecified atom stereocenters. The van der Waals surface area contributed by atoms with E-state index in [0.29, 0.717) is 36.6 Å². The van der Waals surface area contributed by atoms with Crippen LogP contribution >= 0.6 is 0 Å². The second-order valence-corrected chi connectivity index (χ2v) is 7.75. The van der Waals surface area contributed by atoms with Gasteiger partial charge < -0.3 is 10.1 Å². The zero-order valence-corrected chi connectivity index (χ0v) is 17.4. The first-order chi connectivity index (χ1) is 16.0. The molecular formula is C25H19F3N4O. The number of anilines is 1. The summed E-state index contributed by atoms with van der Waals surface area (Å²) in [6.45, 7) is 0.456. The summed E-state index contributed by atoms with van der Waals surface area (Å²) < 4.78 is 48.4. The number of pyridine rings is 1. The average molecular weight is 448 g/mol. The Morgan fingerprint density at radius 1 is 0.970 bits per heavy atom. The molecule has 5 rings (SSSR count). The van der Waals surface area contributed by atoms with Crippen LogP contribution in [-0.4, -0.2) is 21.5 Å². The van der Waals surface area contributed by atoms with Gasteiger partial charge in [0.25, 0.3) is 0 Å². The lowest BCUT2D eigenvalue weighted by molar-refractivity contribution is 0.212. The molecule has 1 aliphatic carbocycles. The Kier molecular flexibility index (Phi) is 5.42. The fraction of sp³-hybridized carbons (Fsp3) is 0.160. The van der Waals surface area contributed by atoms with Gasteiger partial charge in [0.15, 0.2) is 5.67 Å². The molecule has 0 aliphatic heterocycles. The molecular weight excluding hydrogens is 429 g/mol. The molecule has 5 nitrogen and oxygen atoms in total. The normalized spacial score (nSPS) is 17.1. The van der Waals surface area contributed by atoms with Crippen LogP contribution in [0.5, 0.6) is 11.6 Å². The fourth-order valence-electron chi connectivity index (χ4n) is 3.67. The highest BCUT2D eigenvalue weighted by Gasteiger charge is 2.33. The maximum Gasteiger partial charge on any atom is 0.219 e. The summed E-state index contributed by atoms with van der Waals surface area (Å²) in [6.07, 6.45) is 7.03. The van der Waals surface area contributed by atoms with Gasteiger partial charge in [0.2, 0.25) is 5.88 Å². The summed E-state index contributed by atoms with van der Waals surface area (Å²) in [5.74, 6) is -0.0363. The number of alkyl halides is 1. The van der Waals surface area contributed by atoms with E-state index in [-0.39, 0.29) is 16.7 Å². The fourth-order valence-corrected chi connectivity index (χ4v) is 3.67. The summed E-state index contributed by atoms with van der Waals surface area (Å²) in [7, 11) is 0. The van der Waals surface area contributed by atoms with E-state index in [1.807, 2.05) is 12.1 Å². The average Bonchev–Trinajstić information content (AvgIpc) is 2.81. The Bertz CT molecular complexity index is 1340. The maximum atomic E-state index is 14.6. The van der Waals surface area contributed by atoms with E-state index >= 15 is 0 Å². The number of hydrogen-bond acceptors (Lipinski definition) is 5. The molecule has 0 saturated carbocycles. The number of benzene rings is 2. The highest BCUT2D eigenvalue weighted by atomic mass is 19.1. The van der Waals surface area contributed by atoms with Gasteiger partial charge >= 0.3 is 0 Å². The largest absolute Gasteiger partial charge is 0.439 e. The van der Waals surface area contributed by atoms with Gasteiger partial charge in [0.05, 0.1) is 5.39 Å². The number of hydrogen-bond donors (Lipinski definition) is 1. The van der Waals surface area contributed by atoms with E-state index in [1.54, 1.807) is 30.3 Å². The van der Waals surface area contributed by atoms with Crippen molar-refractivity contribution in [3.8, 4) is 11.6 Å². The third kappa shape index (κ3) is 4.24. The first-order valence-electron chi connectivity index (χ1n) is 10.4. The molecule has 2 aromatic heterocycles. The van der Waals surface area contributed by atoms with Gasteiger partial charge in [0, 0.05) is 30.8 Å². The second-order valence-electron chi connectivity index (χ2n) is 7.75. The van der Waals surface area contributed by atoms with Gasteiger partial charge in [-0.25, -0.2) is 28.1 Å². The van der Waals surface area contributed by atoms with E-state index in [9.17, 15) is 13.2 Å². The monoisotopic (exact) mass is 448 g/mol. The van der Waals surface area contributed by atoms with Crippen molar-refractivity contribution >= 4 is 16.7 Å². The maximum absolute atomic E-state index is 14.6. The van der Waals surface area contributed by atoms with Crippen molar-refractivity contribution in [2.24, 2.45) is 0 Å². The first-order valence-corrected chi connectivity index (χ1v) is 10.4. The zero-order valence-electron chi connectivity index (χ0n) is 17.4. The van der Waals surface area contributed by atoms with Crippen LogP contribution in [0.3, 0.4) is 0 Å². The number of ether oxygens (including phenoxy) is 1. The van der Waals surface area contributed by atoms with Crippen LogP contribution in [0, 0.1) is 11.6 Å². The van der Waals surface area contributed by atoms with Gasteiger partial charge in [-0.2, -0.15) is 0 Å². The van der Waals surface area contributed by atoms with E-state index in [4.69, 9.17) is 4.74 Å². The molecule has 8 heteroatoms. The lowest BCUT2D eigenvalue weighted by atomic mass is 9.85. The topological polar surface area (TPSA) is 59.9 Å². The molecule has 1 atom stereocenters. The van der Waals surface area contributed by atoms with E-state index in [1.165, 1.54) is 18.6 Å². The first kappa shape index (κ1) is 20.9. The summed E-state index contributed by atoms with van der Waals surface area (Å²) in [5, 5.41) is 3.08. The van der Waals surface area contributed by atoms with Gasteiger partial charge in [-0.15, -0.1) is 0 Å². The molecule has 2 aromatic carbocycles. The summed E-state index contributed by atoms with van der Waals surface area (Å²) in [6, 6.07) is 12.7. The number of nitrogens with one attached hydrogen (secondary N) is 1. The number of rotatable bonds is 7. The molecule has 1 aliphatic rings. The van der Waals surface area contributed by atoms with Gasteiger partial charge in [-0.3, -0.25) is 0 Å². The molecule has 4 aromatic rings. The SMILES string of the molecule is Fc1ccc(F)c2c(NCCc3ccc(Oc4cc(C5(F)C=CC5)ccn4)cc3)ncnc12. The van der Waals surface area contributed by atoms with E-state index < -0.39 is 17.3 Å². The minimum absolute atomic E-state index is 0.0310. The predicted molar refractivity (Wildman–Crippen MR) is 119 cm³/mol. The summed E-state index contributed by atoms with van der Waals surface area (Å²) in [4.78, 5) is 12.0. The lowest BCUT2D eigenvalue weighted by Gasteiger charge is -2.27. The quantitative estimate of drug-likeness (QED) is 0.358. The number of fused-ring (bicyclic) bond motifs is 1. The third-order valence-electron chi connectivity index (χ3n) is 5.55. The molecule has 2 heterocycles. The highest BCUT2D eigenvalue weighted by molar-refractivity contribution is 5.89. The van der Waals surface area contributed by atoms with E-state index in [2.05, 4.69) is 20.3 Å². The molecule has 166 valence electrons. The molecule has 0 radical (unpaired) electrons. The summed E-state index contributed by atoms with van der Waals surface area (Å²) in [5.41, 5.74) is 0.0237. The number of aromatic nitrogens is 3. The Morgan fingerprint density at radius 2 is 1.76 bits per heavy atom. The van der Waals surface area contributed by atoms with Crippen LogP contribution in [0.2, 0.25) is 0 Å². The Morgan fingerprint density at radius 3 is 2.52 bits per heavy atom. The minimum atomic E-state index is -1.44. The van der Waals surface area contributed by atoms with Crippen molar-refractivity contribution in [2.45, 2.75) is 18.5 Å². The van der Waals surface area contributed by atoms with Crippen molar-refractivity contribution in [1.82, 2.24) is 15.0 Å². The molecule has 1 N–H and O–H groups in total. The minimum Gasteiger partial charge on any atom is -0.439 e. The van der Waals surface area contributed by atoms with Crippen LogP contribution < -0.4 is 10.1 Å². The summed E-state index contributed by atoms with van der Waals surface area (Å²) >= 11 is 0. The Balaban J connectivity index is 1.22. The molecule has 0 fully saturated rings. The van der Waals surface area contributed by atoms with Crippen molar-refractivity contribution in [2.75, 3.05) is 11.9 Å². The number of halogens is 3. The second kappa shape index (κ2) is 8.54. The molecule has 0 spiro atoms. The molecule has 0 amide bonds. The van der Waals surface area contributed by atoms with Crippen molar-refractivity contribution in [1.29, 1.82) is 0 Å². The smallest absolute Gasteiger partial charge is 0.219 e. The van der Waals surface area contributed by atoms with Crippen molar-refractivity contribution < 1.29 is 17.9 Å². The lowest BCUT2D eigenvalue weighted by Crippen LogP contribution is -2.22. The van der Waals surface area contributed by atoms with Gasteiger partial charge in [-0.1, -0.05) is 18.2 Å². The third-order valence-corrected chi connectivity index (χ3v) is 5.55. The van der Waals surface area contributed by atoms with Gasteiger partial charge in [-0.05, 0) is 48.4 Å². The standard InChI is InChI=1S/C25H19F3N4O/c26-19-6-7-20(27)23-22(19)24(32-15-31-23)30-12-8-16-2-4-18(5-3-16)33-21-14-17(9-13-29-21)25(28)10-1-11-25/h1-7,9-10,13-15H,8,11-12H2,(H,30,31,32).